The van der Waals surface area contributed by atoms with Gasteiger partial charge in [-0.25, -0.2) is 0 Å². The average molecular weight is 287 g/mol. The lowest BCUT2D eigenvalue weighted by atomic mass is 10.1. The van der Waals surface area contributed by atoms with Crippen molar-refractivity contribution in [2.75, 3.05) is 18.1 Å². The number of nitrogens with zero attached hydrogens (tertiary/aromatic N) is 2. The number of carbonyl (C=O) groups excluding carboxylic acids is 2. The summed E-state index contributed by atoms with van der Waals surface area (Å²) in [6.45, 7) is 1.98. The van der Waals surface area contributed by atoms with Crippen LogP contribution >= 0.6 is 0 Å². The fourth-order valence-corrected chi connectivity index (χ4v) is 1.81. The molecule has 2 aromatic rings. The normalized spacial score (nSPS) is 10.2. The number of nitrogens with two attached hydrogens (primary N) is 1. The molecule has 2 rings (SSSR count). The van der Waals surface area contributed by atoms with Crippen molar-refractivity contribution in [1.82, 2.24) is 15.1 Å². The number of likely N-dealkylation sites (N-methyl/N-ethyl adjacent to an activating group) is 1. The smallest absolute Gasteiger partial charge is 0.257 e. The fourth-order valence-electron chi connectivity index (χ4n) is 1.81. The van der Waals surface area contributed by atoms with E-state index in [1.54, 1.807) is 25.4 Å². The summed E-state index contributed by atoms with van der Waals surface area (Å²) in [6, 6.07) is 5.26. The lowest BCUT2D eigenvalue weighted by Crippen LogP contribution is -2.23. The minimum Gasteiger partial charge on any atom is -0.398 e. The topological polar surface area (TPSA) is 102 Å². The van der Waals surface area contributed by atoms with Gasteiger partial charge in [0.1, 0.15) is 6.54 Å². The summed E-state index contributed by atoms with van der Waals surface area (Å²) in [5, 5.41) is 9.20. The molecule has 0 atom stereocenters. The molecule has 0 saturated heterocycles. The van der Waals surface area contributed by atoms with Gasteiger partial charge in [0.25, 0.3) is 5.91 Å². The predicted octanol–water partition coefficient (Wildman–Crippen LogP) is 0.772. The second kappa shape index (κ2) is 6.08. The first-order valence-electron chi connectivity index (χ1n) is 6.40. The van der Waals surface area contributed by atoms with Crippen molar-refractivity contribution < 1.29 is 9.59 Å². The van der Waals surface area contributed by atoms with E-state index < -0.39 is 0 Å². The summed E-state index contributed by atoms with van der Waals surface area (Å²) in [4.78, 5) is 23.4. The van der Waals surface area contributed by atoms with Gasteiger partial charge in [-0.05, 0) is 19.1 Å². The molecule has 7 nitrogen and oxygen atoms in total. The number of aryl methyl sites for hydroxylation is 1. The highest BCUT2D eigenvalue weighted by Crippen LogP contribution is 2.16. The number of nitrogen functional groups attached to an aromatic ring is 1. The van der Waals surface area contributed by atoms with Crippen LogP contribution in [-0.2, 0) is 11.3 Å². The standard InChI is InChI=1S/C14H17N5O2/c1-9-3-4-12(15)11(5-9)14(21)18-10-6-17-19(7-10)8-13(20)16-2/h3-7H,8,15H2,1-2H3,(H,16,20)(H,18,21). The van der Waals surface area contributed by atoms with E-state index in [4.69, 9.17) is 5.73 Å². The third-order valence-corrected chi connectivity index (χ3v) is 2.93. The number of amides is 2. The molecular weight excluding hydrogens is 270 g/mol. The van der Waals surface area contributed by atoms with E-state index in [1.165, 1.54) is 10.9 Å². The van der Waals surface area contributed by atoms with Crippen LogP contribution in [0.5, 0.6) is 0 Å². The van der Waals surface area contributed by atoms with Crippen LogP contribution in [0.4, 0.5) is 11.4 Å². The number of carbonyl (C=O) groups is 2. The minimum absolute atomic E-state index is 0.0962. The van der Waals surface area contributed by atoms with Crippen LogP contribution in [0.15, 0.2) is 30.6 Å². The van der Waals surface area contributed by atoms with E-state index in [9.17, 15) is 9.59 Å². The summed E-state index contributed by atoms with van der Waals surface area (Å²) >= 11 is 0. The minimum atomic E-state index is -0.310. The van der Waals surface area contributed by atoms with E-state index in [0.29, 0.717) is 16.9 Å². The summed E-state index contributed by atoms with van der Waals surface area (Å²) < 4.78 is 1.44. The summed E-state index contributed by atoms with van der Waals surface area (Å²) in [5.74, 6) is -0.477. The average Bonchev–Trinajstić information content (AvgIpc) is 2.88. The Hall–Kier alpha value is -2.83. The number of hydrogen-bond acceptors (Lipinski definition) is 4. The maximum atomic E-state index is 12.2. The number of rotatable bonds is 4. The molecule has 1 heterocycles. The molecule has 2 amide bonds. The van der Waals surface area contributed by atoms with Crippen LogP contribution in [0.2, 0.25) is 0 Å². The lowest BCUT2D eigenvalue weighted by Gasteiger charge is -2.06. The second-order valence-corrected chi connectivity index (χ2v) is 4.64. The molecule has 0 aliphatic carbocycles. The summed E-state index contributed by atoms with van der Waals surface area (Å²) in [5.41, 5.74) is 8.08. The third-order valence-electron chi connectivity index (χ3n) is 2.93. The second-order valence-electron chi connectivity index (χ2n) is 4.64. The highest BCUT2D eigenvalue weighted by atomic mass is 16.2. The predicted molar refractivity (Wildman–Crippen MR) is 79.8 cm³/mol. The molecule has 0 radical (unpaired) electrons. The molecule has 0 saturated carbocycles. The van der Waals surface area contributed by atoms with Crippen molar-refractivity contribution in [3.8, 4) is 0 Å². The lowest BCUT2D eigenvalue weighted by molar-refractivity contribution is -0.121. The Morgan fingerprint density at radius 1 is 1.38 bits per heavy atom. The van der Waals surface area contributed by atoms with Crippen molar-refractivity contribution in [2.45, 2.75) is 13.5 Å². The molecule has 0 fully saturated rings. The first-order chi connectivity index (χ1) is 9.99. The van der Waals surface area contributed by atoms with Gasteiger partial charge in [-0.2, -0.15) is 5.10 Å². The van der Waals surface area contributed by atoms with Crippen molar-refractivity contribution in [2.24, 2.45) is 0 Å². The van der Waals surface area contributed by atoms with E-state index >= 15 is 0 Å². The Kier molecular flexibility index (Phi) is 4.22. The molecule has 110 valence electrons. The molecule has 7 heteroatoms. The number of hydrogen-bond donors (Lipinski definition) is 3. The largest absolute Gasteiger partial charge is 0.398 e. The SMILES string of the molecule is CNC(=O)Cn1cc(NC(=O)c2cc(C)ccc2N)cn1. The van der Waals surface area contributed by atoms with Crippen LogP contribution in [0.25, 0.3) is 0 Å². The zero-order chi connectivity index (χ0) is 15.4. The summed E-state index contributed by atoms with van der Waals surface area (Å²) in [7, 11) is 1.55. The van der Waals surface area contributed by atoms with Crippen molar-refractivity contribution >= 4 is 23.2 Å². The number of aromatic nitrogens is 2. The Morgan fingerprint density at radius 2 is 2.14 bits per heavy atom. The molecule has 1 aromatic heterocycles. The van der Waals surface area contributed by atoms with Gasteiger partial charge in [0.2, 0.25) is 5.91 Å². The van der Waals surface area contributed by atoms with Gasteiger partial charge in [0.15, 0.2) is 0 Å². The van der Waals surface area contributed by atoms with Gasteiger partial charge in [-0.3, -0.25) is 14.3 Å². The third kappa shape index (κ3) is 3.59. The maximum absolute atomic E-state index is 12.2. The van der Waals surface area contributed by atoms with Crippen LogP contribution in [-0.4, -0.2) is 28.6 Å². The Balaban J connectivity index is 2.09. The van der Waals surface area contributed by atoms with Crippen LogP contribution < -0.4 is 16.4 Å². The first-order valence-corrected chi connectivity index (χ1v) is 6.40. The fraction of sp³-hybridized carbons (Fsp3) is 0.214. The number of nitrogens with one attached hydrogen (secondary N) is 2. The molecule has 1 aromatic carbocycles. The molecular formula is C14H17N5O2. The monoisotopic (exact) mass is 287 g/mol. The Labute approximate surface area is 122 Å². The molecule has 0 bridgehead atoms. The van der Waals surface area contributed by atoms with Gasteiger partial charge in [-0.1, -0.05) is 11.6 Å². The molecule has 0 aliphatic rings. The first kappa shape index (κ1) is 14.6. The van der Waals surface area contributed by atoms with Crippen LogP contribution in [0.3, 0.4) is 0 Å². The van der Waals surface area contributed by atoms with Gasteiger partial charge in [0, 0.05) is 18.9 Å². The van der Waals surface area contributed by atoms with Crippen molar-refractivity contribution in [1.29, 1.82) is 0 Å². The van der Waals surface area contributed by atoms with E-state index in [-0.39, 0.29) is 18.4 Å². The molecule has 0 spiro atoms. The van der Waals surface area contributed by atoms with E-state index in [2.05, 4.69) is 15.7 Å². The quantitative estimate of drug-likeness (QED) is 0.723. The zero-order valence-corrected chi connectivity index (χ0v) is 11.9. The molecule has 0 aliphatic heterocycles. The van der Waals surface area contributed by atoms with Crippen molar-refractivity contribution in [3.05, 3.63) is 41.7 Å². The number of benzene rings is 1. The van der Waals surface area contributed by atoms with Gasteiger partial charge >= 0.3 is 0 Å². The van der Waals surface area contributed by atoms with Gasteiger partial charge in [0.05, 0.1) is 17.4 Å². The van der Waals surface area contributed by atoms with E-state index in [1.807, 2.05) is 13.0 Å². The number of anilines is 2. The molecule has 21 heavy (non-hydrogen) atoms. The van der Waals surface area contributed by atoms with Crippen LogP contribution in [0.1, 0.15) is 15.9 Å². The van der Waals surface area contributed by atoms with Gasteiger partial charge < -0.3 is 16.4 Å². The highest BCUT2D eigenvalue weighted by Gasteiger charge is 2.11. The van der Waals surface area contributed by atoms with Gasteiger partial charge in [-0.15, -0.1) is 0 Å². The zero-order valence-electron chi connectivity index (χ0n) is 11.9. The van der Waals surface area contributed by atoms with E-state index in [0.717, 1.165) is 5.56 Å². The molecule has 4 N–H and O–H groups in total. The van der Waals surface area contributed by atoms with Crippen LogP contribution in [0, 0.1) is 6.92 Å². The maximum Gasteiger partial charge on any atom is 0.257 e. The van der Waals surface area contributed by atoms with Crippen molar-refractivity contribution in [3.63, 3.8) is 0 Å². The molecule has 0 unspecified atom stereocenters. The Bertz CT molecular complexity index is 678. The summed E-state index contributed by atoms with van der Waals surface area (Å²) in [6.07, 6.45) is 3.06. The highest BCUT2D eigenvalue weighted by molar-refractivity contribution is 6.07. The Morgan fingerprint density at radius 3 is 2.86 bits per heavy atom.